The molecule has 2 aromatic rings. The van der Waals surface area contributed by atoms with Crippen molar-refractivity contribution in [1.82, 2.24) is 0 Å². The van der Waals surface area contributed by atoms with Gasteiger partial charge < -0.3 is 9.84 Å². The molecule has 0 aliphatic heterocycles. The van der Waals surface area contributed by atoms with Crippen LogP contribution in [0, 0.1) is 0 Å². The molecule has 2 rings (SSSR count). The molecule has 0 radical (unpaired) electrons. The fraction of sp³-hybridized carbons (Fsp3) is 0.235. The lowest BCUT2D eigenvalue weighted by molar-refractivity contribution is 0.0696. The summed E-state index contributed by atoms with van der Waals surface area (Å²) in [4.78, 5) is 10.8. The van der Waals surface area contributed by atoms with Crippen molar-refractivity contribution >= 4 is 21.7 Å². The molecule has 0 unspecified atom stereocenters. The topological polar surface area (TPSA) is 92.7 Å². The monoisotopic (exact) mass is 349 g/mol. The molecule has 0 aliphatic rings. The fourth-order valence-corrected chi connectivity index (χ4v) is 2.99. The van der Waals surface area contributed by atoms with Gasteiger partial charge in [0, 0.05) is 5.69 Å². The van der Waals surface area contributed by atoms with Crippen LogP contribution >= 0.6 is 0 Å². The first-order valence-electron chi connectivity index (χ1n) is 7.22. The number of sulfonamides is 1. The molecular weight excluding hydrogens is 330 g/mol. The molecule has 0 aliphatic carbocycles. The Morgan fingerprint density at radius 1 is 1.00 bits per heavy atom. The fourth-order valence-electron chi connectivity index (χ4n) is 1.94. The van der Waals surface area contributed by atoms with E-state index in [-0.39, 0.29) is 16.1 Å². The Hall–Kier alpha value is -2.54. The molecular formula is C17H19NO5S. The lowest BCUT2D eigenvalue weighted by Gasteiger charge is -2.21. The van der Waals surface area contributed by atoms with E-state index in [1.54, 1.807) is 24.3 Å². The summed E-state index contributed by atoms with van der Waals surface area (Å²) >= 11 is 0. The van der Waals surface area contributed by atoms with Crippen molar-refractivity contribution in [3.8, 4) is 5.75 Å². The number of carboxylic acid groups (broad SMARTS) is 1. The van der Waals surface area contributed by atoms with Gasteiger partial charge in [-0.05, 0) is 69.3 Å². The van der Waals surface area contributed by atoms with E-state index in [9.17, 15) is 13.2 Å². The van der Waals surface area contributed by atoms with Gasteiger partial charge in [0.2, 0.25) is 0 Å². The molecule has 24 heavy (non-hydrogen) atoms. The van der Waals surface area contributed by atoms with E-state index >= 15 is 0 Å². The number of rotatable bonds is 5. The Bertz CT molecular complexity index is 819. The van der Waals surface area contributed by atoms with Crippen molar-refractivity contribution in [3.05, 3.63) is 54.1 Å². The van der Waals surface area contributed by atoms with Crippen LogP contribution < -0.4 is 9.46 Å². The van der Waals surface area contributed by atoms with Gasteiger partial charge in [-0.1, -0.05) is 0 Å². The first kappa shape index (κ1) is 17.8. The van der Waals surface area contributed by atoms with Crippen LogP contribution in [0.1, 0.15) is 31.1 Å². The summed E-state index contributed by atoms with van der Waals surface area (Å²) in [5.41, 5.74) is 0.0728. The second-order valence-electron chi connectivity index (χ2n) is 6.17. The minimum Gasteiger partial charge on any atom is -0.488 e. The quantitative estimate of drug-likeness (QED) is 0.863. The standard InChI is InChI=1S/C17H19NO5S/c1-17(2,3)23-14-8-6-13(7-9-14)18-24(21,22)15-10-4-12(5-11-15)16(19)20/h4-11,18H,1-3H3,(H,19,20). The molecule has 0 heterocycles. The molecule has 0 atom stereocenters. The zero-order valence-electron chi connectivity index (χ0n) is 13.6. The molecule has 0 amide bonds. The van der Waals surface area contributed by atoms with Crippen LogP contribution in [-0.2, 0) is 10.0 Å². The third kappa shape index (κ3) is 4.73. The highest BCUT2D eigenvalue weighted by Crippen LogP contribution is 2.22. The number of carboxylic acids is 1. The Balaban J connectivity index is 2.15. The van der Waals surface area contributed by atoms with Gasteiger partial charge in [-0.3, -0.25) is 4.72 Å². The largest absolute Gasteiger partial charge is 0.488 e. The van der Waals surface area contributed by atoms with Gasteiger partial charge in [-0.25, -0.2) is 13.2 Å². The van der Waals surface area contributed by atoms with Crippen molar-refractivity contribution in [2.75, 3.05) is 4.72 Å². The van der Waals surface area contributed by atoms with E-state index in [1.165, 1.54) is 24.3 Å². The SMILES string of the molecule is CC(C)(C)Oc1ccc(NS(=O)(=O)c2ccc(C(=O)O)cc2)cc1. The zero-order valence-corrected chi connectivity index (χ0v) is 14.4. The number of benzene rings is 2. The second kappa shape index (κ2) is 6.52. The summed E-state index contributed by atoms with van der Waals surface area (Å²) in [6, 6.07) is 11.6. The molecule has 0 saturated heterocycles. The number of aromatic carboxylic acids is 1. The number of ether oxygens (including phenoxy) is 1. The second-order valence-corrected chi connectivity index (χ2v) is 7.86. The van der Waals surface area contributed by atoms with E-state index in [0.29, 0.717) is 11.4 Å². The normalized spacial score (nSPS) is 11.8. The lowest BCUT2D eigenvalue weighted by Crippen LogP contribution is -2.22. The minimum atomic E-state index is -3.79. The average molecular weight is 349 g/mol. The zero-order chi connectivity index (χ0) is 18.0. The van der Waals surface area contributed by atoms with E-state index in [1.807, 2.05) is 20.8 Å². The summed E-state index contributed by atoms with van der Waals surface area (Å²) in [5.74, 6) is -0.474. The number of hydrogen-bond donors (Lipinski definition) is 2. The van der Waals surface area contributed by atoms with Crippen molar-refractivity contribution < 1.29 is 23.1 Å². The summed E-state index contributed by atoms with van der Waals surface area (Å²) < 4.78 is 32.7. The van der Waals surface area contributed by atoms with Gasteiger partial charge in [0.05, 0.1) is 10.5 Å². The highest BCUT2D eigenvalue weighted by Gasteiger charge is 2.16. The molecule has 0 bridgehead atoms. The summed E-state index contributed by atoms with van der Waals surface area (Å²) in [7, 11) is -3.79. The van der Waals surface area contributed by atoms with E-state index in [2.05, 4.69) is 4.72 Å². The molecule has 0 aromatic heterocycles. The van der Waals surface area contributed by atoms with Crippen LogP contribution in [0.4, 0.5) is 5.69 Å². The van der Waals surface area contributed by atoms with E-state index < -0.39 is 16.0 Å². The Kier molecular flexibility index (Phi) is 4.84. The first-order chi connectivity index (χ1) is 11.1. The maximum atomic E-state index is 12.3. The number of anilines is 1. The highest BCUT2D eigenvalue weighted by atomic mass is 32.2. The molecule has 6 nitrogen and oxygen atoms in total. The third-order valence-electron chi connectivity index (χ3n) is 2.94. The molecule has 0 saturated carbocycles. The minimum absolute atomic E-state index is 0.0116. The number of carbonyl (C=O) groups is 1. The summed E-state index contributed by atoms with van der Waals surface area (Å²) in [6.45, 7) is 5.76. The molecule has 0 fully saturated rings. The van der Waals surface area contributed by atoms with Crippen LogP contribution in [0.2, 0.25) is 0 Å². The Morgan fingerprint density at radius 3 is 2.00 bits per heavy atom. The average Bonchev–Trinajstić information content (AvgIpc) is 2.47. The Labute approximate surface area is 141 Å². The van der Waals surface area contributed by atoms with Crippen molar-refractivity contribution in [2.45, 2.75) is 31.3 Å². The van der Waals surface area contributed by atoms with Gasteiger partial charge in [-0.2, -0.15) is 0 Å². The van der Waals surface area contributed by atoms with Crippen LogP contribution in [0.3, 0.4) is 0 Å². The smallest absolute Gasteiger partial charge is 0.335 e. The van der Waals surface area contributed by atoms with Crippen molar-refractivity contribution in [1.29, 1.82) is 0 Å². The number of hydrogen-bond acceptors (Lipinski definition) is 4. The Morgan fingerprint density at radius 2 is 1.54 bits per heavy atom. The molecule has 7 heteroatoms. The van der Waals surface area contributed by atoms with Gasteiger partial charge in [0.15, 0.2) is 0 Å². The molecule has 2 aromatic carbocycles. The van der Waals surface area contributed by atoms with Crippen molar-refractivity contribution in [3.63, 3.8) is 0 Å². The third-order valence-corrected chi connectivity index (χ3v) is 4.34. The maximum absolute atomic E-state index is 12.3. The van der Waals surface area contributed by atoms with E-state index in [4.69, 9.17) is 9.84 Å². The summed E-state index contributed by atoms with van der Waals surface area (Å²) in [5, 5.41) is 8.84. The predicted octanol–water partition coefficient (Wildman–Crippen LogP) is 3.36. The van der Waals surface area contributed by atoms with Gasteiger partial charge in [-0.15, -0.1) is 0 Å². The van der Waals surface area contributed by atoms with Crippen LogP contribution in [0.5, 0.6) is 5.75 Å². The molecule has 128 valence electrons. The van der Waals surface area contributed by atoms with Crippen LogP contribution in [0.25, 0.3) is 0 Å². The van der Waals surface area contributed by atoms with Crippen LogP contribution in [-0.4, -0.2) is 25.1 Å². The van der Waals surface area contributed by atoms with Gasteiger partial charge >= 0.3 is 5.97 Å². The maximum Gasteiger partial charge on any atom is 0.335 e. The lowest BCUT2D eigenvalue weighted by atomic mass is 10.2. The van der Waals surface area contributed by atoms with Gasteiger partial charge in [0.25, 0.3) is 10.0 Å². The number of nitrogens with one attached hydrogen (secondary N) is 1. The van der Waals surface area contributed by atoms with Crippen molar-refractivity contribution in [2.24, 2.45) is 0 Å². The van der Waals surface area contributed by atoms with Crippen LogP contribution in [0.15, 0.2) is 53.4 Å². The van der Waals surface area contributed by atoms with Gasteiger partial charge in [0.1, 0.15) is 11.4 Å². The van der Waals surface area contributed by atoms with E-state index in [0.717, 1.165) is 0 Å². The predicted molar refractivity (Wildman–Crippen MR) is 91.0 cm³/mol. The first-order valence-corrected chi connectivity index (χ1v) is 8.70. The highest BCUT2D eigenvalue weighted by molar-refractivity contribution is 7.92. The summed E-state index contributed by atoms with van der Waals surface area (Å²) in [6.07, 6.45) is 0. The molecule has 2 N–H and O–H groups in total. The molecule has 0 spiro atoms.